The van der Waals surface area contributed by atoms with Crippen molar-refractivity contribution in [2.45, 2.75) is 31.9 Å². The molecule has 2 aromatic carbocycles. The van der Waals surface area contributed by atoms with Crippen LogP contribution in [0.1, 0.15) is 34.3 Å². The summed E-state index contributed by atoms with van der Waals surface area (Å²) in [6, 6.07) is 9.99. The van der Waals surface area contributed by atoms with Gasteiger partial charge in [0.2, 0.25) is 0 Å². The normalized spacial score (nSPS) is 18.4. The van der Waals surface area contributed by atoms with E-state index in [1.54, 1.807) is 30.3 Å². The summed E-state index contributed by atoms with van der Waals surface area (Å²) in [6.45, 7) is 1.93. The zero-order valence-electron chi connectivity index (χ0n) is 15.4. The van der Waals surface area contributed by atoms with Crippen LogP contribution in [0.25, 0.3) is 0 Å². The Morgan fingerprint density at radius 3 is 2.89 bits per heavy atom. The van der Waals surface area contributed by atoms with Crippen LogP contribution >= 0.6 is 0 Å². The Labute approximate surface area is 162 Å². The van der Waals surface area contributed by atoms with Crippen LogP contribution in [0.5, 0.6) is 0 Å². The lowest BCUT2D eigenvalue weighted by molar-refractivity contribution is -0.124. The molecule has 1 atom stereocenters. The van der Waals surface area contributed by atoms with Crippen LogP contribution in [0, 0.1) is 5.82 Å². The SMILES string of the molecule is O=C(Nc1ccc2c(c1F)CCNC2)c1cccc(NC(=O)C2CCCO2)c1. The van der Waals surface area contributed by atoms with E-state index in [0.29, 0.717) is 49.4 Å². The van der Waals surface area contributed by atoms with Gasteiger partial charge in [0.1, 0.15) is 11.9 Å². The first kappa shape index (κ1) is 18.6. The zero-order chi connectivity index (χ0) is 19.5. The van der Waals surface area contributed by atoms with Gasteiger partial charge in [0.15, 0.2) is 0 Å². The van der Waals surface area contributed by atoms with Gasteiger partial charge in [0.25, 0.3) is 11.8 Å². The molecule has 1 saturated heterocycles. The Balaban J connectivity index is 1.47. The van der Waals surface area contributed by atoms with Gasteiger partial charge < -0.3 is 20.7 Å². The van der Waals surface area contributed by atoms with E-state index < -0.39 is 12.0 Å². The van der Waals surface area contributed by atoms with Crippen molar-refractivity contribution < 1.29 is 18.7 Å². The zero-order valence-corrected chi connectivity index (χ0v) is 15.4. The predicted molar refractivity (Wildman–Crippen MR) is 104 cm³/mol. The molecule has 2 aliphatic heterocycles. The average Bonchev–Trinajstić information content (AvgIpc) is 3.25. The number of fused-ring (bicyclic) bond motifs is 1. The third-order valence-corrected chi connectivity index (χ3v) is 5.07. The van der Waals surface area contributed by atoms with E-state index in [1.165, 1.54) is 0 Å². The molecule has 1 unspecified atom stereocenters. The maximum atomic E-state index is 14.7. The largest absolute Gasteiger partial charge is 0.368 e. The highest BCUT2D eigenvalue weighted by Gasteiger charge is 2.24. The van der Waals surface area contributed by atoms with Gasteiger partial charge in [0, 0.05) is 24.4 Å². The van der Waals surface area contributed by atoms with Gasteiger partial charge in [-0.05, 0) is 61.2 Å². The first-order valence-corrected chi connectivity index (χ1v) is 9.46. The number of ether oxygens (including phenoxy) is 1. The molecule has 28 heavy (non-hydrogen) atoms. The van der Waals surface area contributed by atoms with Crippen molar-refractivity contribution in [3.8, 4) is 0 Å². The molecule has 146 valence electrons. The highest BCUT2D eigenvalue weighted by atomic mass is 19.1. The summed E-state index contributed by atoms with van der Waals surface area (Å²) in [7, 11) is 0. The molecule has 0 aliphatic carbocycles. The number of nitrogens with one attached hydrogen (secondary N) is 3. The number of carbonyl (C=O) groups is 2. The van der Waals surface area contributed by atoms with Crippen LogP contribution in [0.2, 0.25) is 0 Å². The van der Waals surface area contributed by atoms with Gasteiger partial charge in [-0.1, -0.05) is 12.1 Å². The molecule has 0 bridgehead atoms. The number of benzene rings is 2. The Bertz CT molecular complexity index is 910. The minimum absolute atomic E-state index is 0.166. The topological polar surface area (TPSA) is 79.5 Å². The van der Waals surface area contributed by atoms with E-state index in [0.717, 1.165) is 12.0 Å². The average molecular weight is 383 g/mol. The second-order valence-corrected chi connectivity index (χ2v) is 7.02. The summed E-state index contributed by atoms with van der Waals surface area (Å²) >= 11 is 0. The van der Waals surface area contributed by atoms with Crippen LogP contribution in [-0.4, -0.2) is 31.1 Å². The highest BCUT2D eigenvalue weighted by Crippen LogP contribution is 2.25. The van der Waals surface area contributed by atoms with Crippen molar-refractivity contribution in [3.63, 3.8) is 0 Å². The standard InChI is InChI=1S/C21H22FN3O3/c22-19-16-8-9-23-12-14(16)6-7-17(19)25-20(26)13-3-1-4-15(11-13)24-21(27)18-5-2-10-28-18/h1,3-4,6-7,11,18,23H,2,5,8-10,12H2,(H,24,27)(H,25,26). The number of rotatable bonds is 4. The minimum atomic E-state index is -0.448. The summed E-state index contributed by atoms with van der Waals surface area (Å²) < 4.78 is 20.1. The van der Waals surface area contributed by atoms with E-state index in [-0.39, 0.29) is 17.4 Å². The molecule has 2 heterocycles. The lowest BCUT2D eigenvalue weighted by atomic mass is 9.99. The summed E-state index contributed by atoms with van der Waals surface area (Å²) in [6.07, 6.45) is 1.70. The number of amides is 2. The van der Waals surface area contributed by atoms with Crippen molar-refractivity contribution in [2.75, 3.05) is 23.8 Å². The van der Waals surface area contributed by atoms with Crippen LogP contribution < -0.4 is 16.0 Å². The van der Waals surface area contributed by atoms with Gasteiger partial charge in [0.05, 0.1) is 5.69 Å². The highest BCUT2D eigenvalue weighted by molar-refractivity contribution is 6.05. The van der Waals surface area contributed by atoms with E-state index in [2.05, 4.69) is 16.0 Å². The van der Waals surface area contributed by atoms with Crippen LogP contribution in [0.15, 0.2) is 36.4 Å². The number of anilines is 2. The first-order valence-electron chi connectivity index (χ1n) is 9.46. The van der Waals surface area contributed by atoms with Gasteiger partial charge in [-0.25, -0.2) is 4.39 Å². The lowest BCUT2D eigenvalue weighted by Crippen LogP contribution is -2.27. The van der Waals surface area contributed by atoms with E-state index in [4.69, 9.17) is 4.74 Å². The molecule has 3 N–H and O–H groups in total. The van der Waals surface area contributed by atoms with Gasteiger partial charge in [-0.15, -0.1) is 0 Å². The summed E-state index contributed by atoms with van der Waals surface area (Å²) in [5.41, 5.74) is 2.57. The minimum Gasteiger partial charge on any atom is -0.368 e. The van der Waals surface area contributed by atoms with Gasteiger partial charge >= 0.3 is 0 Å². The van der Waals surface area contributed by atoms with Crippen LogP contribution in [-0.2, 0) is 22.5 Å². The molecule has 4 rings (SSSR count). The number of halogens is 1. The summed E-state index contributed by atoms with van der Waals surface area (Å²) in [5.74, 6) is -1.03. The number of carbonyl (C=O) groups excluding carboxylic acids is 2. The van der Waals surface area contributed by atoms with Gasteiger partial charge in [-0.3, -0.25) is 9.59 Å². The van der Waals surface area contributed by atoms with Crippen LogP contribution in [0.4, 0.5) is 15.8 Å². The Morgan fingerprint density at radius 1 is 1.18 bits per heavy atom. The third-order valence-electron chi connectivity index (χ3n) is 5.07. The van der Waals surface area contributed by atoms with Crippen molar-refractivity contribution in [2.24, 2.45) is 0 Å². The van der Waals surface area contributed by atoms with Gasteiger partial charge in [-0.2, -0.15) is 0 Å². The van der Waals surface area contributed by atoms with E-state index in [9.17, 15) is 14.0 Å². The molecule has 0 saturated carbocycles. The molecule has 2 aliphatic rings. The van der Waals surface area contributed by atoms with Crippen LogP contribution in [0.3, 0.4) is 0 Å². The Morgan fingerprint density at radius 2 is 2.07 bits per heavy atom. The molecule has 0 aromatic heterocycles. The monoisotopic (exact) mass is 383 g/mol. The van der Waals surface area contributed by atoms with E-state index in [1.807, 2.05) is 6.07 Å². The molecule has 2 aromatic rings. The molecule has 2 amide bonds. The molecule has 0 radical (unpaired) electrons. The smallest absolute Gasteiger partial charge is 0.255 e. The fourth-order valence-corrected chi connectivity index (χ4v) is 3.57. The molecule has 1 fully saturated rings. The molecular formula is C21H22FN3O3. The molecule has 0 spiro atoms. The molecule has 7 heteroatoms. The molecular weight excluding hydrogens is 361 g/mol. The van der Waals surface area contributed by atoms with Crippen molar-refractivity contribution >= 4 is 23.2 Å². The Hall–Kier alpha value is -2.77. The number of hydrogen-bond donors (Lipinski definition) is 3. The van der Waals surface area contributed by atoms with E-state index >= 15 is 0 Å². The lowest BCUT2D eigenvalue weighted by Gasteiger charge is -2.19. The Kier molecular flexibility index (Phi) is 5.36. The number of hydrogen-bond acceptors (Lipinski definition) is 4. The summed E-state index contributed by atoms with van der Waals surface area (Å²) in [4.78, 5) is 24.8. The molecule has 6 nitrogen and oxygen atoms in total. The predicted octanol–water partition coefficient (Wildman–Crippen LogP) is 2.84. The first-order chi connectivity index (χ1) is 13.6. The quantitative estimate of drug-likeness (QED) is 0.759. The fourth-order valence-electron chi connectivity index (χ4n) is 3.57. The maximum Gasteiger partial charge on any atom is 0.255 e. The van der Waals surface area contributed by atoms with Crippen molar-refractivity contribution in [3.05, 3.63) is 58.9 Å². The second kappa shape index (κ2) is 8.08. The summed E-state index contributed by atoms with van der Waals surface area (Å²) in [5, 5.41) is 8.61. The second-order valence-electron chi connectivity index (χ2n) is 7.02. The van der Waals surface area contributed by atoms with Crippen molar-refractivity contribution in [1.29, 1.82) is 0 Å². The maximum absolute atomic E-state index is 14.7. The third kappa shape index (κ3) is 3.90. The fraction of sp³-hybridized carbons (Fsp3) is 0.333. The van der Waals surface area contributed by atoms with Crippen molar-refractivity contribution in [1.82, 2.24) is 5.32 Å².